The zero-order valence-corrected chi connectivity index (χ0v) is 14.4. The number of ether oxygens (including phenoxy) is 1. The van der Waals surface area contributed by atoms with Crippen LogP contribution in [0.1, 0.15) is 29.6 Å². The van der Waals surface area contributed by atoms with Crippen LogP contribution in [-0.4, -0.2) is 41.5 Å². The van der Waals surface area contributed by atoms with Crippen LogP contribution in [0, 0.1) is 5.92 Å². The van der Waals surface area contributed by atoms with Gasteiger partial charge in [-0.3, -0.25) is 9.59 Å². The maximum atomic E-state index is 12.7. The predicted octanol–water partition coefficient (Wildman–Crippen LogP) is 3.23. The van der Waals surface area contributed by atoms with Crippen LogP contribution >= 0.6 is 11.3 Å². The topological polar surface area (TPSA) is 59.5 Å². The van der Waals surface area contributed by atoms with Crippen LogP contribution in [0.15, 0.2) is 35.7 Å². The highest BCUT2D eigenvalue weighted by Gasteiger charge is 2.30. The lowest BCUT2D eigenvalue weighted by Crippen LogP contribution is -2.42. The first-order chi connectivity index (χ1) is 11.7. The van der Waals surface area contributed by atoms with Gasteiger partial charge < -0.3 is 9.64 Å². The van der Waals surface area contributed by atoms with Gasteiger partial charge in [-0.1, -0.05) is 30.3 Å². The van der Waals surface area contributed by atoms with Crippen molar-refractivity contribution in [2.45, 2.75) is 19.8 Å². The van der Waals surface area contributed by atoms with Gasteiger partial charge in [0.05, 0.1) is 18.2 Å². The van der Waals surface area contributed by atoms with Crippen molar-refractivity contribution in [2.75, 3.05) is 19.7 Å². The second kappa shape index (κ2) is 7.57. The Morgan fingerprint density at radius 2 is 2.12 bits per heavy atom. The van der Waals surface area contributed by atoms with Crippen molar-refractivity contribution in [3.63, 3.8) is 0 Å². The van der Waals surface area contributed by atoms with Crippen molar-refractivity contribution in [1.29, 1.82) is 0 Å². The van der Waals surface area contributed by atoms with Crippen LogP contribution in [-0.2, 0) is 9.53 Å². The third-order valence-corrected chi connectivity index (χ3v) is 4.92. The quantitative estimate of drug-likeness (QED) is 0.799. The Balaban J connectivity index is 1.70. The average molecular weight is 344 g/mol. The number of amides is 1. The molecule has 1 fully saturated rings. The van der Waals surface area contributed by atoms with Crippen LogP contribution in [0.5, 0.6) is 0 Å². The van der Waals surface area contributed by atoms with Crippen LogP contribution < -0.4 is 0 Å². The molecule has 5 nitrogen and oxygen atoms in total. The number of carbonyl (C=O) groups excluding carboxylic acids is 2. The lowest BCUT2D eigenvalue weighted by atomic mass is 9.98. The minimum atomic E-state index is -0.226. The molecule has 1 atom stereocenters. The normalized spacial score (nSPS) is 17.5. The largest absolute Gasteiger partial charge is 0.466 e. The summed E-state index contributed by atoms with van der Waals surface area (Å²) in [5, 5.41) is 2.37. The molecule has 3 rings (SSSR count). The number of aromatic nitrogens is 1. The molecule has 1 aromatic heterocycles. The fourth-order valence-electron chi connectivity index (χ4n) is 2.86. The fraction of sp³-hybridized carbons (Fsp3) is 0.389. The van der Waals surface area contributed by atoms with Crippen molar-refractivity contribution in [1.82, 2.24) is 9.88 Å². The fourth-order valence-corrected chi connectivity index (χ4v) is 3.66. The standard InChI is InChI=1S/C18H20N2O3S/c1-2-23-18(22)14-9-6-10-20(11-14)17(21)16-19-15(12-24-16)13-7-4-3-5-8-13/h3-5,7-8,12,14H,2,6,9-11H2,1H3/t14-/m0/s1. The van der Waals surface area contributed by atoms with Gasteiger partial charge in [0, 0.05) is 24.0 Å². The van der Waals surface area contributed by atoms with Crippen molar-refractivity contribution in [3.05, 3.63) is 40.7 Å². The maximum absolute atomic E-state index is 12.7. The van der Waals surface area contributed by atoms with E-state index in [1.54, 1.807) is 11.8 Å². The molecule has 2 aromatic rings. The molecule has 0 spiro atoms. The van der Waals surface area contributed by atoms with E-state index >= 15 is 0 Å². The summed E-state index contributed by atoms with van der Waals surface area (Å²) in [5.41, 5.74) is 1.80. The number of hydrogen-bond acceptors (Lipinski definition) is 5. The Hall–Kier alpha value is -2.21. The minimum absolute atomic E-state index is 0.101. The molecule has 1 amide bonds. The van der Waals surface area contributed by atoms with E-state index in [9.17, 15) is 9.59 Å². The summed E-state index contributed by atoms with van der Waals surface area (Å²) in [6, 6.07) is 9.79. The van der Waals surface area contributed by atoms with Crippen molar-refractivity contribution >= 4 is 23.2 Å². The van der Waals surface area contributed by atoms with E-state index in [2.05, 4.69) is 4.98 Å². The minimum Gasteiger partial charge on any atom is -0.466 e. The second-order valence-corrected chi connectivity index (χ2v) is 6.60. The Morgan fingerprint density at radius 3 is 2.88 bits per heavy atom. The number of rotatable bonds is 4. The van der Waals surface area contributed by atoms with Gasteiger partial charge in [-0.15, -0.1) is 11.3 Å². The number of piperidine rings is 1. The van der Waals surface area contributed by atoms with Crippen molar-refractivity contribution in [3.8, 4) is 11.3 Å². The molecule has 2 heterocycles. The van der Waals surface area contributed by atoms with Crippen LogP contribution in [0.2, 0.25) is 0 Å². The zero-order valence-electron chi connectivity index (χ0n) is 13.6. The van der Waals surface area contributed by atoms with Gasteiger partial charge in [-0.05, 0) is 19.8 Å². The number of likely N-dealkylation sites (tertiary alicyclic amines) is 1. The summed E-state index contributed by atoms with van der Waals surface area (Å²) in [4.78, 5) is 30.8. The van der Waals surface area contributed by atoms with Crippen LogP contribution in [0.3, 0.4) is 0 Å². The molecule has 0 unspecified atom stereocenters. The summed E-state index contributed by atoms with van der Waals surface area (Å²) in [7, 11) is 0. The van der Waals surface area contributed by atoms with E-state index in [-0.39, 0.29) is 17.8 Å². The van der Waals surface area contributed by atoms with Gasteiger partial charge in [0.1, 0.15) is 0 Å². The van der Waals surface area contributed by atoms with E-state index in [1.165, 1.54) is 11.3 Å². The maximum Gasteiger partial charge on any atom is 0.310 e. The predicted molar refractivity (Wildman–Crippen MR) is 92.8 cm³/mol. The molecule has 0 N–H and O–H groups in total. The number of nitrogens with zero attached hydrogens (tertiary/aromatic N) is 2. The number of hydrogen-bond donors (Lipinski definition) is 0. The summed E-state index contributed by atoms with van der Waals surface area (Å²) in [6.07, 6.45) is 1.59. The molecule has 0 aliphatic carbocycles. The number of benzene rings is 1. The number of esters is 1. The molecular formula is C18H20N2O3S. The second-order valence-electron chi connectivity index (χ2n) is 5.75. The Bertz CT molecular complexity index is 714. The molecule has 1 aliphatic heterocycles. The summed E-state index contributed by atoms with van der Waals surface area (Å²) in [5.74, 6) is -0.536. The van der Waals surface area contributed by atoms with E-state index < -0.39 is 0 Å². The third-order valence-electron chi connectivity index (χ3n) is 4.09. The molecule has 0 bridgehead atoms. The monoisotopic (exact) mass is 344 g/mol. The average Bonchev–Trinajstić information content (AvgIpc) is 3.12. The first-order valence-corrected chi connectivity index (χ1v) is 9.04. The highest BCUT2D eigenvalue weighted by Crippen LogP contribution is 2.25. The van der Waals surface area contributed by atoms with E-state index in [0.29, 0.717) is 24.7 Å². The van der Waals surface area contributed by atoms with Crippen molar-refractivity contribution < 1.29 is 14.3 Å². The van der Waals surface area contributed by atoms with Crippen molar-refractivity contribution in [2.24, 2.45) is 5.92 Å². The Labute approximate surface area is 145 Å². The van der Waals surface area contributed by atoms with Gasteiger partial charge in [0.2, 0.25) is 0 Å². The molecule has 126 valence electrons. The molecule has 6 heteroatoms. The number of carbonyl (C=O) groups is 2. The summed E-state index contributed by atoms with van der Waals surface area (Å²) in [6.45, 7) is 3.24. The van der Waals surface area contributed by atoms with E-state index in [4.69, 9.17) is 4.74 Å². The molecule has 1 aliphatic rings. The Kier molecular flexibility index (Phi) is 5.25. The smallest absolute Gasteiger partial charge is 0.310 e. The molecule has 0 radical (unpaired) electrons. The molecule has 1 saturated heterocycles. The van der Waals surface area contributed by atoms with Gasteiger partial charge >= 0.3 is 5.97 Å². The Morgan fingerprint density at radius 1 is 1.33 bits per heavy atom. The van der Waals surface area contributed by atoms with Crippen LogP contribution in [0.4, 0.5) is 0 Å². The SMILES string of the molecule is CCOC(=O)[C@H]1CCCN(C(=O)c2nc(-c3ccccc3)cs2)C1. The van der Waals surface area contributed by atoms with Gasteiger partial charge in [0.25, 0.3) is 5.91 Å². The molecule has 1 aromatic carbocycles. The lowest BCUT2D eigenvalue weighted by molar-refractivity contribution is -0.149. The summed E-state index contributed by atoms with van der Waals surface area (Å²) < 4.78 is 5.09. The molecule has 24 heavy (non-hydrogen) atoms. The first kappa shape index (κ1) is 16.6. The third kappa shape index (κ3) is 3.64. The van der Waals surface area contributed by atoms with Gasteiger partial charge in [0.15, 0.2) is 5.01 Å². The molecule has 0 saturated carbocycles. The summed E-state index contributed by atoms with van der Waals surface area (Å²) >= 11 is 1.35. The van der Waals surface area contributed by atoms with Gasteiger partial charge in [-0.25, -0.2) is 4.98 Å². The number of thiazole rings is 1. The zero-order chi connectivity index (χ0) is 16.9. The highest BCUT2D eigenvalue weighted by molar-refractivity contribution is 7.12. The molecular weight excluding hydrogens is 324 g/mol. The van der Waals surface area contributed by atoms with Gasteiger partial charge in [-0.2, -0.15) is 0 Å². The van der Waals surface area contributed by atoms with E-state index in [0.717, 1.165) is 24.1 Å². The first-order valence-electron chi connectivity index (χ1n) is 8.16. The lowest BCUT2D eigenvalue weighted by Gasteiger charge is -2.30. The van der Waals surface area contributed by atoms with Crippen LogP contribution in [0.25, 0.3) is 11.3 Å². The highest BCUT2D eigenvalue weighted by atomic mass is 32.1. The van der Waals surface area contributed by atoms with E-state index in [1.807, 2.05) is 35.7 Å².